The first-order valence-corrected chi connectivity index (χ1v) is 6.20. The molecule has 1 aromatic rings. The number of rotatable bonds is 2. The van der Waals surface area contributed by atoms with Crippen molar-refractivity contribution in [2.45, 2.75) is 12.8 Å². The second-order valence-electron chi connectivity index (χ2n) is 4.79. The molecule has 0 bridgehead atoms. The van der Waals surface area contributed by atoms with Crippen molar-refractivity contribution in [3.05, 3.63) is 6.33 Å². The van der Waals surface area contributed by atoms with Gasteiger partial charge in [0.05, 0.1) is 5.92 Å². The van der Waals surface area contributed by atoms with Gasteiger partial charge >= 0.3 is 6.03 Å². The molecule has 8 heteroatoms. The fourth-order valence-corrected chi connectivity index (χ4v) is 2.13. The van der Waals surface area contributed by atoms with Gasteiger partial charge in [-0.2, -0.15) is 10.1 Å². The SMILES string of the molecule is CN(C)C(=O)N1CCCC(C(=O)Nc2ncn[nH]2)C1. The molecule has 0 aliphatic carbocycles. The monoisotopic (exact) mass is 266 g/mol. The molecule has 1 saturated heterocycles. The van der Waals surface area contributed by atoms with Crippen molar-refractivity contribution in [3.8, 4) is 0 Å². The maximum atomic E-state index is 12.1. The Morgan fingerprint density at radius 1 is 1.53 bits per heavy atom. The number of carbonyl (C=O) groups is 2. The zero-order valence-electron chi connectivity index (χ0n) is 11.1. The second-order valence-corrected chi connectivity index (χ2v) is 4.79. The van der Waals surface area contributed by atoms with E-state index in [1.54, 1.807) is 19.0 Å². The van der Waals surface area contributed by atoms with Crippen molar-refractivity contribution in [2.24, 2.45) is 5.92 Å². The van der Waals surface area contributed by atoms with Crippen LogP contribution in [0.3, 0.4) is 0 Å². The van der Waals surface area contributed by atoms with E-state index in [9.17, 15) is 9.59 Å². The number of hydrogen-bond acceptors (Lipinski definition) is 4. The smallest absolute Gasteiger partial charge is 0.319 e. The van der Waals surface area contributed by atoms with Crippen molar-refractivity contribution >= 4 is 17.9 Å². The van der Waals surface area contributed by atoms with Crippen molar-refractivity contribution in [1.82, 2.24) is 25.0 Å². The van der Waals surface area contributed by atoms with Crippen LogP contribution < -0.4 is 5.32 Å². The summed E-state index contributed by atoms with van der Waals surface area (Å²) in [6.07, 6.45) is 2.93. The molecule has 8 nitrogen and oxygen atoms in total. The molecule has 1 unspecified atom stereocenters. The molecule has 3 amide bonds. The number of nitrogens with zero attached hydrogens (tertiary/aromatic N) is 4. The van der Waals surface area contributed by atoms with Crippen molar-refractivity contribution in [1.29, 1.82) is 0 Å². The normalized spacial score (nSPS) is 19.1. The molecule has 0 saturated carbocycles. The Morgan fingerprint density at radius 3 is 2.95 bits per heavy atom. The summed E-state index contributed by atoms with van der Waals surface area (Å²) in [6, 6.07) is -0.0582. The van der Waals surface area contributed by atoms with Crippen LogP contribution in [-0.2, 0) is 4.79 Å². The summed E-state index contributed by atoms with van der Waals surface area (Å²) < 4.78 is 0. The standard InChI is InChI=1S/C11H18N6O2/c1-16(2)11(19)17-5-3-4-8(6-17)9(18)14-10-12-7-13-15-10/h7-8H,3-6H2,1-2H3,(H2,12,13,14,15,18). The molecule has 1 atom stereocenters. The van der Waals surface area contributed by atoms with Gasteiger partial charge in [0, 0.05) is 27.2 Å². The summed E-state index contributed by atoms with van der Waals surface area (Å²) in [7, 11) is 3.42. The Labute approximate surface area is 111 Å². The first kappa shape index (κ1) is 13.3. The summed E-state index contributed by atoms with van der Waals surface area (Å²) in [5.74, 6) is -0.00295. The minimum atomic E-state index is -0.206. The van der Waals surface area contributed by atoms with Crippen LogP contribution in [0.1, 0.15) is 12.8 Å². The van der Waals surface area contributed by atoms with Crippen molar-refractivity contribution < 1.29 is 9.59 Å². The summed E-state index contributed by atoms with van der Waals surface area (Å²) in [6.45, 7) is 1.14. The maximum absolute atomic E-state index is 12.1. The lowest BCUT2D eigenvalue weighted by molar-refractivity contribution is -0.121. The van der Waals surface area contributed by atoms with Crippen LogP contribution in [0.2, 0.25) is 0 Å². The summed E-state index contributed by atoms with van der Waals surface area (Å²) in [5, 5.41) is 8.90. The predicted octanol–water partition coefficient (Wildman–Crippen LogP) is 0.137. The van der Waals surface area contributed by atoms with Gasteiger partial charge in [-0.3, -0.25) is 10.1 Å². The molecule has 1 aromatic heterocycles. The van der Waals surface area contributed by atoms with Crippen molar-refractivity contribution in [3.63, 3.8) is 0 Å². The van der Waals surface area contributed by atoms with E-state index < -0.39 is 0 Å². The fourth-order valence-electron chi connectivity index (χ4n) is 2.13. The van der Waals surface area contributed by atoms with Gasteiger partial charge in [0.25, 0.3) is 0 Å². The predicted molar refractivity (Wildman–Crippen MR) is 68.4 cm³/mol. The average Bonchev–Trinajstić information content (AvgIpc) is 2.90. The first-order valence-electron chi connectivity index (χ1n) is 6.20. The minimum absolute atomic E-state index is 0.0582. The van der Waals surface area contributed by atoms with E-state index in [0.29, 0.717) is 19.0 Å². The number of aromatic amines is 1. The Bertz CT molecular complexity index is 444. The molecule has 0 aromatic carbocycles. The van der Waals surface area contributed by atoms with Crippen LogP contribution in [-0.4, -0.2) is 64.1 Å². The van der Waals surface area contributed by atoms with Gasteiger partial charge in [0.2, 0.25) is 11.9 Å². The van der Waals surface area contributed by atoms with Gasteiger partial charge in [0.1, 0.15) is 6.33 Å². The van der Waals surface area contributed by atoms with Crippen LogP contribution in [0, 0.1) is 5.92 Å². The van der Waals surface area contributed by atoms with Crippen molar-refractivity contribution in [2.75, 3.05) is 32.5 Å². The van der Waals surface area contributed by atoms with Crippen LogP contribution in [0.4, 0.5) is 10.7 Å². The topological polar surface area (TPSA) is 94.2 Å². The van der Waals surface area contributed by atoms with Gasteiger partial charge in [-0.05, 0) is 12.8 Å². The highest BCUT2D eigenvalue weighted by Gasteiger charge is 2.29. The average molecular weight is 266 g/mol. The highest BCUT2D eigenvalue weighted by Crippen LogP contribution is 2.18. The molecular weight excluding hydrogens is 248 g/mol. The zero-order valence-corrected chi connectivity index (χ0v) is 11.1. The maximum Gasteiger partial charge on any atom is 0.319 e. The molecule has 1 fully saturated rings. The van der Waals surface area contributed by atoms with Crippen LogP contribution in [0.25, 0.3) is 0 Å². The number of H-pyrrole nitrogens is 1. The number of piperidine rings is 1. The third kappa shape index (κ3) is 3.21. The molecule has 2 rings (SSSR count). The Kier molecular flexibility index (Phi) is 3.98. The van der Waals surface area contributed by atoms with E-state index >= 15 is 0 Å². The lowest BCUT2D eigenvalue weighted by Crippen LogP contribution is -2.47. The van der Waals surface area contributed by atoms with E-state index in [1.165, 1.54) is 11.2 Å². The quantitative estimate of drug-likeness (QED) is 0.796. The molecule has 2 heterocycles. The number of likely N-dealkylation sites (tertiary alicyclic amines) is 1. The molecule has 1 aliphatic rings. The van der Waals surface area contributed by atoms with Gasteiger partial charge in [-0.15, -0.1) is 0 Å². The fraction of sp³-hybridized carbons (Fsp3) is 0.636. The third-order valence-electron chi connectivity index (χ3n) is 3.10. The summed E-state index contributed by atoms with van der Waals surface area (Å²) >= 11 is 0. The summed E-state index contributed by atoms with van der Waals surface area (Å²) in [4.78, 5) is 31.0. The Hall–Kier alpha value is -2.12. The van der Waals surface area contributed by atoms with Crippen LogP contribution in [0.5, 0.6) is 0 Å². The first-order chi connectivity index (χ1) is 9.08. The van der Waals surface area contributed by atoms with E-state index in [4.69, 9.17) is 0 Å². The number of aromatic nitrogens is 3. The molecule has 104 valence electrons. The van der Waals surface area contributed by atoms with Crippen LogP contribution >= 0.6 is 0 Å². The third-order valence-corrected chi connectivity index (χ3v) is 3.10. The van der Waals surface area contributed by atoms with Gasteiger partial charge < -0.3 is 9.80 Å². The lowest BCUT2D eigenvalue weighted by Gasteiger charge is -2.33. The molecule has 0 radical (unpaired) electrons. The zero-order chi connectivity index (χ0) is 13.8. The van der Waals surface area contributed by atoms with E-state index in [1.807, 2.05) is 0 Å². The van der Waals surface area contributed by atoms with Gasteiger partial charge in [-0.25, -0.2) is 9.89 Å². The van der Waals surface area contributed by atoms with E-state index in [2.05, 4.69) is 20.5 Å². The number of carbonyl (C=O) groups excluding carboxylic acids is 2. The number of hydrogen-bond donors (Lipinski definition) is 2. The van der Waals surface area contributed by atoms with Gasteiger partial charge in [-0.1, -0.05) is 0 Å². The number of urea groups is 1. The number of amides is 3. The van der Waals surface area contributed by atoms with E-state index in [0.717, 1.165) is 12.8 Å². The Morgan fingerprint density at radius 2 is 2.32 bits per heavy atom. The van der Waals surface area contributed by atoms with E-state index in [-0.39, 0.29) is 17.9 Å². The molecule has 0 spiro atoms. The molecular formula is C11H18N6O2. The largest absolute Gasteiger partial charge is 0.331 e. The molecule has 2 N–H and O–H groups in total. The number of anilines is 1. The molecule has 1 aliphatic heterocycles. The highest BCUT2D eigenvalue weighted by molar-refractivity contribution is 5.91. The summed E-state index contributed by atoms with van der Waals surface area (Å²) in [5.41, 5.74) is 0. The lowest BCUT2D eigenvalue weighted by atomic mass is 9.97. The number of nitrogens with one attached hydrogen (secondary N) is 2. The van der Waals surface area contributed by atoms with Gasteiger partial charge in [0.15, 0.2) is 0 Å². The van der Waals surface area contributed by atoms with Crippen LogP contribution in [0.15, 0.2) is 6.33 Å². The Balaban J connectivity index is 1.93. The molecule has 19 heavy (non-hydrogen) atoms. The highest BCUT2D eigenvalue weighted by atomic mass is 16.2. The second kappa shape index (κ2) is 5.68. The minimum Gasteiger partial charge on any atom is -0.331 e.